The summed E-state index contributed by atoms with van der Waals surface area (Å²) in [5, 5.41) is 3.25. The van der Waals surface area contributed by atoms with Gasteiger partial charge in [0.2, 0.25) is 11.8 Å². The first-order valence-electron chi connectivity index (χ1n) is 7.14. The van der Waals surface area contributed by atoms with Crippen LogP contribution < -0.4 is 10.2 Å². The van der Waals surface area contributed by atoms with Crippen molar-refractivity contribution in [3.63, 3.8) is 0 Å². The molecule has 1 aliphatic heterocycles. The second kappa shape index (κ2) is 7.40. The van der Waals surface area contributed by atoms with Gasteiger partial charge in [-0.1, -0.05) is 11.8 Å². The Bertz CT molecular complexity index is 589. The average molecular weight is 323 g/mol. The Morgan fingerprint density at radius 2 is 2.05 bits per heavy atom. The van der Waals surface area contributed by atoms with E-state index in [-0.39, 0.29) is 18.2 Å². The molecule has 1 aromatic rings. The standard InChI is InChI=1S/C15H18FN3O2S/c1-3-17-15(18-4-2)22-12-9-13(20)19(14(12)21)11-7-5-10(16)6-8-11/h5-8,12H,3-4,9H2,1-2H3,(H,17,18)/t12-/m1/s1. The van der Waals surface area contributed by atoms with Crippen LogP contribution in [0.15, 0.2) is 29.3 Å². The Morgan fingerprint density at radius 3 is 2.64 bits per heavy atom. The van der Waals surface area contributed by atoms with E-state index in [0.717, 1.165) is 4.90 Å². The zero-order valence-corrected chi connectivity index (χ0v) is 13.3. The number of hydrogen-bond donors (Lipinski definition) is 1. The van der Waals surface area contributed by atoms with Crippen LogP contribution in [0.2, 0.25) is 0 Å². The van der Waals surface area contributed by atoms with E-state index in [0.29, 0.717) is 23.9 Å². The van der Waals surface area contributed by atoms with Crippen LogP contribution in [0.4, 0.5) is 10.1 Å². The Kier molecular flexibility index (Phi) is 5.54. The highest BCUT2D eigenvalue weighted by molar-refractivity contribution is 8.15. The first-order chi connectivity index (χ1) is 10.6. The van der Waals surface area contributed by atoms with Gasteiger partial charge in [-0.3, -0.25) is 14.6 Å². The summed E-state index contributed by atoms with van der Waals surface area (Å²) in [6.45, 7) is 5.15. The van der Waals surface area contributed by atoms with Gasteiger partial charge >= 0.3 is 0 Å². The van der Waals surface area contributed by atoms with Crippen LogP contribution in [0.1, 0.15) is 20.3 Å². The predicted molar refractivity (Wildman–Crippen MR) is 86.5 cm³/mol. The maximum absolute atomic E-state index is 13.0. The zero-order chi connectivity index (χ0) is 16.1. The minimum Gasteiger partial charge on any atom is -0.365 e. The van der Waals surface area contributed by atoms with Crippen LogP contribution in [-0.4, -0.2) is 35.3 Å². The van der Waals surface area contributed by atoms with E-state index in [9.17, 15) is 14.0 Å². The number of nitrogens with one attached hydrogen (secondary N) is 1. The van der Waals surface area contributed by atoms with Gasteiger partial charge in [-0.15, -0.1) is 0 Å². The fourth-order valence-corrected chi connectivity index (χ4v) is 3.25. The molecule has 0 radical (unpaired) electrons. The monoisotopic (exact) mass is 323 g/mol. The molecule has 0 bridgehead atoms. The number of aliphatic imine (C=N–C) groups is 1. The Labute approximate surface area is 133 Å². The number of imide groups is 1. The smallest absolute Gasteiger partial charge is 0.247 e. The van der Waals surface area contributed by atoms with Crippen molar-refractivity contribution in [2.24, 2.45) is 4.99 Å². The minimum absolute atomic E-state index is 0.120. The molecule has 2 rings (SSSR count). The molecule has 2 amide bonds. The molecule has 1 fully saturated rings. The Morgan fingerprint density at radius 1 is 1.36 bits per heavy atom. The van der Waals surface area contributed by atoms with Crippen LogP contribution in [0.3, 0.4) is 0 Å². The van der Waals surface area contributed by atoms with Crippen molar-refractivity contribution in [1.82, 2.24) is 5.32 Å². The van der Waals surface area contributed by atoms with Crippen LogP contribution in [0.5, 0.6) is 0 Å². The number of rotatable bonds is 4. The van der Waals surface area contributed by atoms with Crippen LogP contribution in [0.25, 0.3) is 0 Å². The van der Waals surface area contributed by atoms with Gasteiger partial charge in [0, 0.05) is 19.5 Å². The van der Waals surface area contributed by atoms with E-state index in [1.54, 1.807) is 0 Å². The molecule has 22 heavy (non-hydrogen) atoms. The number of hydrogen-bond acceptors (Lipinski definition) is 4. The molecule has 0 aliphatic carbocycles. The van der Waals surface area contributed by atoms with E-state index in [1.807, 2.05) is 13.8 Å². The molecule has 1 saturated heterocycles. The molecule has 0 aromatic heterocycles. The van der Waals surface area contributed by atoms with Crippen molar-refractivity contribution < 1.29 is 14.0 Å². The topological polar surface area (TPSA) is 61.8 Å². The summed E-state index contributed by atoms with van der Waals surface area (Å²) >= 11 is 1.27. The molecule has 118 valence electrons. The van der Waals surface area contributed by atoms with Gasteiger partial charge in [-0.05, 0) is 38.1 Å². The van der Waals surface area contributed by atoms with Gasteiger partial charge in [0.15, 0.2) is 5.17 Å². The van der Waals surface area contributed by atoms with E-state index in [4.69, 9.17) is 0 Å². The lowest BCUT2D eigenvalue weighted by molar-refractivity contribution is -0.121. The van der Waals surface area contributed by atoms with Crippen LogP contribution >= 0.6 is 11.8 Å². The third-order valence-electron chi connectivity index (χ3n) is 3.07. The summed E-state index contributed by atoms with van der Waals surface area (Å²) in [4.78, 5) is 30.0. The van der Waals surface area contributed by atoms with Crippen molar-refractivity contribution in [3.8, 4) is 0 Å². The lowest BCUT2D eigenvalue weighted by atomic mass is 10.3. The maximum Gasteiger partial charge on any atom is 0.247 e. The first-order valence-corrected chi connectivity index (χ1v) is 8.02. The molecule has 7 heteroatoms. The Balaban J connectivity index is 2.14. The predicted octanol–water partition coefficient (Wildman–Crippen LogP) is 2.18. The van der Waals surface area contributed by atoms with Gasteiger partial charge in [-0.2, -0.15) is 0 Å². The number of amidine groups is 1. The number of carbonyl (C=O) groups is 2. The molecule has 0 unspecified atom stereocenters. The number of thioether (sulfide) groups is 1. The van der Waals surface area contributed by atoms with Crippen molar-refractivity contribution >= 4 is 34.4 Å². The summed E-state index contributed by atoms with van der Waals surface area (Å²) in [5.41, 5.74) is 0.400. The normalized spacial score (nSPS) is 19.0. The fourth-order valence-electron chi connectivity index (χ4n) is 2.12. The van der Waals surface area contributed by atoms with E-state index >= 15 is 0 Å². The second-order valence-corrected chi connectivity index (χ2v) is 5.86. The van der Waals surface area contributed by atoms with Crippen LogP contribution in [-0.2, 0) is 9.59 Å². The summed E-state index contributed by atoms with van der Waals surface area (Å²) < 4.78 is 13.0. The third-order valence-corrected chi connectivity index (χ3v) is 4.22. The first kappa shape index (κ1) is 16.5. The van der Waals surface area contributed by atoms with Gasteiger partial charge in [0.25, 0.3) is 0 Å². The number of amides is 2. The number of carbonyl (C=O) groups excluding carboxylic acids is 2. The van der Waals surface area contributed by atoms with Gasteiger partial charge in [0.05, 0.1) is 5.69 Å². The molecule has 0 saturated carbocycles. The van der Waals surface area contributed by atoms with Crippen molar-refractivity contribution in [2.75, 3.05) is 18.0 Å². The number of halogens is 1. The van der Waals surface area contributed by atoms with Crippen molar-refractivity contribution in [2.45, 2.75) is 25.5 Å². The molecular formula is C15H18FN3O2S. The highest BCUT2D eigenvalue weighted by Crippen LogP contribution is 2.30. The minimum atomic E-state index is -0.498. The lowest BCUT2D eigenvalue weighted by Crippen LogP contribution is -2.32. The summed E-state index contributed by atoms with van der Waals surface area (Å²) in [6.07, 6.45) is 0.120. The highest BCUT2D eigenvalue weighted by Gasteiger charge is 2.40. The quantitative estimate of drug-likeness (QED) is 0.524. The molecule has 1 N–H and O–H groups in total. The van der Waals surface area contributed by atoms with Gasteiger partial charge < -0.3 is 5.32 Å². The second-order valence-electron chi connectivity index (χ2n) is 4.66. The van der Waals surface area contributed by atoms with Gasteiger partial charge in [0.1, 0.15) is 11.1 Å². The Hall–Kier alpha value is -1.89. The molecule has 0 spiro atoms. The maximum atomic E-state index is 13.0. The van der Waals surface area contributed by atoms with Gasteiger partial charge in [-0.25, -0.2) is 9.29 Å². The molecule has 1 aromatic carbocycles. The average Bonchev–Trinajstić information content (AvgIpc) is 2.75. The largest absolute Gasteiger partial charge is 0.365 e. The molecular weight excluding hydrogens is 305 g/mol. The van der Waals surface area contributed by atoms with Crippen molar-refractivity contribution in [1.29, 1.82) is 0 Å². The van der Waals surface area contributed by atoms with E-state index in [1.165, 1.54) is 36.0 Å². The fraction of sp³-hybridized carbons (Fsp3) is 0.400. The highest BCUT2D eigenvalue weighted by atomic mass is 32.2. The lowest BCUT2D eigenvalue weighted by Gasteiger charge is -2.15. The molecule has 5 nitrogen and oxygen atoms in total. The summed E-state index contributed by atoms with van der Waals surface area (Å²) in [6, 6.07) is 5.34. The number of benzene rings is 1. The van der Waals surface area contributed by atoms with Crippen LogP contribution in [0, 0.1) is 5.82 Å². The molecule has 1 heterocycles. The number of anilines is 1. The zero-order valence-electron chi connectivity index (χ0n) is 12.5. The summed E-state index contributed by atoms with van der Waals surface area (Å²) in [7, 11) is 0. The number of nitrogens with zero attached hydrogens (tertiary/aromatic N) is 2. The van der Waals surface area contributed by atoms with E-state index in [2.05, 4.69) is 10.3 Å². The third kappa shape index (κ3) is 3.65. The summed E-state index contributed by atoms with van der Waals surface area (Å²) in [5.74, 6) is -0.969. The van der Waals surface area contributed by atoms with E-state index < -0.39 is 11.1 Å². The molecule has 1 aliphatic rings. The van der Waals surface area contributed by atoms with Crippen molar-refractivity contribution in [3.05, 3.63) is 30.1 Å². The SMILES string of the molecule is CCN=C(NCC)S[C@@H]1CC(=O)N(c2ccc(F)cc2)C1=O. The molecule has 1 atom stereocenters.